The number of carbonyl (C=O) groups is 2. The van der Waals surface area contributed by atoms with Gasteiger partial charge < -0.3 is 10.0 Å². The SMILES string of the molecule is CCN(CC(C)C(=O)O)C(=O)N(CC)c1ccccc1. The molecule has 0 spiro atoms. The van der Waals surface area contributed by atoms with Crippen molar-refractivity contribution in [3.05, 3.63) is 30.3 Å². The highest BCUT2D eigenvalue weighted by molar-refractivity contribution is 5.92. The van der Waals surface area contributed by atoms with Gasteiger partial charge >= 0.3 is 12.0 Å². The molecule has 1 aromatic rings. The number of carbonyl (C=O) groups excluding carboxylic acids is 1. The van der Waals surface area contributed by atoms with Crippen molar-refractivity contribution in [1.82, 2.24) is 4.90 Å². The highest BCUT2D eigenvalue weighted by atomic mass is 16.4. The first-order chi connectivity index (χ1) is 9.51. The summed E-state index contributed by atoms with van der Waals surface area (Å²) in [7, 11) is 0. The summed E-state index contributed by atoms with van der Waals surface area (Å²) in [5.41, 5.74) is 0.821. The van der Waals surface area contributed by atoms with Crippen LogP contribution in [0, 0.1) is 5.92 Å². The number of hydrogen-bond acceptors (Lipinski definition) is 2. The van der Waals surface area contributed by atoms with Gasteiger partial charge in [-0.1, -0.05) is 25.1 Å². The molecule has 1 unspecified atom stereocenters. The van der Waals surface area contributed by atoms with Crippen LogP contribution in [0.25, 0.3) is 0 Å². The fourth-order valence-corrected chi connectivity index (χ4v) is 1.96. The zero-order valence-corrected chi connectivity index (χ0v) is 12.2. The largest absolute Gasteiger partial charge is 0.481 e. The second-order valence-corrected chi connectivity index (χ2v) is 4.64. The third-order valence-electron chi connectivity index (χ3n) is 3.18. The van der Waals surface area contributed by atoms with Crippen LogP contribution in [0.1, 0.15) is 20.8 Å². The second kappa shape index (κ2) is 7.53. The maximum Gasteiger partial charge on any atom is 0.324 e. The van der Waals surface area contributed by atoms with E-state index in [4.69, 9.17) is 5.11 Å². The van der Waals surface area contributed by atoms with Gasteiger partial charge in [-0.05, 0) is 26.0 Å². The lowest BCUT2D eigenvalue weighted by Gasteiger charge is -2.30. The molecule has 0 fully saturated rings. The van der Waals surface area contributed by atoms with Gasteiger partial charge in [0.2, 0.25) is 0 Å². The van der Waals surface area contributed by atoms with Crippen LogP contribution in [0.4, 0.5) is 10.5 Å². The molecule has 0 heterocycles. The lowest BCUT2D eigenvalue weighted by molar-refractivity contribution is -0.141. The molecular weight excluding hydrogens is 256 g/mol. The van der Waals surface area contributed by atoms with Crippen molar-refractivity contribution in [1.29, 1.82) is 0 Å². The number of hydrogen-bond donors (Lipinski definition) is 1. The normalized spacial score (nSPS) is 11.8. The summed E-state index contributed by atoms with van der Waals surface area (Å²) in [4.78, 5) is 26.7. The highest BCUT2D eigenvalue weighted by Crippen LogP contribution is 2.16. The quantitative estimate of drug-likeness (QED) is 0.870. The van der Waals surface area contributed by atoms with E-state index in [0.29, 0.717) is 13.1 Å². The zero-order chi connectivity index (χ0) is 15.1. The predicted octanol–water partition coefficient (Wildman–Crippen LogP) is 2.68. The third-order valence-corrected chi connectivity index (χ3v) is 3.18. The van der Waals surface area contributed by atoms with Crippen molar-refractivity contribution in [3.63, 3.8) is 0 Å². The summed E-state index contributed by atoms with van der Waals surface area (Å²) in [5.74, 6) is -1.47. The highest BCUT2D eigenvalue weighted by Gasteiger charge is 2.23. The van der Waals surface area contributed by atoms with Gasteiger partial charge in [-0.3, -0.25) is 9.69 Å². The summed E-state index contributed by atoms with van der Waals surface area (Å²) >= 11 is 0. The van der Waals surface area contributed by atoms with E-state index in [0.717, 1.165) is 5.69 Å². The molecule has 0 radical (unpaired) electrons. The van der Waals surface area contributed by atoms with E-state index in [2.05, 4.69) is 0 Å². The van der Waals surface area contributed by atoms with E-state index in [-0.39, 0.29) is 12.6 Å². The molecule has 110 valence electrons. The number of amides is 2. The zero-order valence-electron chi connectivity index (χ0n) is 12.2. The van der Waals surface area contributed by atoms with Crippen LogP contribution >= 0.6 is 0 Å². The van der Waals surface area contributed by atoms with Crippen LogP contribution in [0.3, 0.4) is 0 Å². The van der Waals surface area contributed by atoms with Gasteiger partial charge in [-0.25, -0.2) is 4.79 Å². The molecule has 0 saturated carbocycles. The molecule has 20 heavy (non-hydrogen) atoms. The van der Waals surface area contributed by atoms with Crippen molar-refractivity contribution in [2.75, 3.05) is 24.5 Å². The summed E-state index contributed by atoms with van der Waals surface area (Å²) in [6, 6.07) is 9.23. The van der Waals surface area contributed by atoms with Gasteiger partial charge in [-0.2, -0.15) is 0 Å². The predicted molar refractivity (Wildman–Crippen MR) is 78.9 cm³/mol. The van der Waals surface area contributed by atoms with Crippen LogP contribution in [-0.4, -0.2) is 41.6 Å². The standard InChI is InChI=1S/C15H22N2O3/c1-4-16(11-12(3)14(18)19)15(20)17(5-2)13-9-7-6-8-10-13/h6-10,12H,4-5,11H2,1-3H3,(H,18,19). The smallest absolute Gasteiger partial charge is 0.324 e. The van der Waals surface area contributed by atoms with Crippen LogP contribution in [0.2, 0.25) is 0 Å². The van der Waals surface area contributed by atoms with Crippen LogP contribution in [0.5, 0.6) is 0 Å². The molecule has 2 amide bonds. The number of carboxylic acid groups (broad SMARTS) is 1. The van der Waals surface area contributed by atoms with Gasteiger partial charge in [0.15, 0.2) is 0 Å². The van der Waals surface area contributed by atoms with Gasteiger partial charge in [-0.15, -0.1) is 0 Å². The van der Waals surface area contributed by atoms with Crippen molar-refractivity contribution in [2.45, 2.75) is 20.8 Å². The summed E-state index contributed by atoms with van der Waals surface area (Å²) in [6.07, 6.45) is 0. The Morgan fingerprint density at radius 3 is 2.20 bits per heavy atom. The summed E-state index contributed by atoms with van der Waals surface area (Å²) < 4.78 is 0. The molecule has 0 bridgehead atoms. The van der Waals surface area contributed by atoms with Gasteiger partial charge in [0.1, 0.15) is 0 Å². The minimum absolute atomic E-state index is 0.158. The van der Waals surface area contributed by atoms with Gasteiger partial charge in [0.05, 0.1) is 5.92 Å². The minimum Gasteiger partial charge on any atom is -0.481 e. The molecule has 0 aliphatic heterocycles. The Morgan fingerprint density at radius 1 is 1.15 bits per heavy atom. The van der Waals surface area contributed by atoms with E-state index in [1.165, 1.54) is 0 Å². The Hall–Kier alpha value is -2.04. The topological polar surface area (TPSA) is 60.9 Å². The first kappa shape index (κ1) is 16.0. The number of nitrogens with zero attached hydrogens (tertiary/aromatic N) is 2. The van der Waals surface area contributed by atoms with Crippen LogP contribution < -0.4 is 4.90 Å². The van der Waals surface area contributed by atoms with Crippen molar-refractivity contribution in [2.24, 2.45) is 5.92 Å². The Labute approximate surface area is 119 Å². The third kappa shape index (κ3) is 3.98. The minimum atomic E-state index is -0.890. The maximum atomic E-state index is 12.5. The number of aliphatic carboxylic acids is 1. The van der Waals surface area contributed by atoms with Gasteiger partial charge in [0.25, 0.3) is 0 Å². The van der Waals surface area contributed by atoms with Crippen molar-refractivity contribution >= 4 is 17.7 Å². The molecule has 0 aliphatic carbocycles. The average molecular weight is 278 g/mol. The van der Waals surface area contributed by atoms with Crippen molar-refractivity contribution in [3.8, 4) is 0 Å². The Morgan fingerprint density at radius 2 is 1.75 bits per heavy atom. The fraction of sp³-hybridized carbons (Fsp3) is 0.467. The first-order valence-electron chi connectivity index (χ1n) is 6.85. The first-order valence-corrected chi connectivity index (χ1v) is 6.85. The molecule has 5 nitrogen and oxygen atoms in total. The molecular formula is C15H22N2O3. The monoisotopic (exact) mass is 278 g/mol. The molecule has 1 atom stereocenters. The molecule has 1 rings (SSSR count). The maximum absolute atomic E-state index is 12.5. The number of para-hydroxylation sites is 1. The van der Waals surface area contributed by atoms with E-state index in [1.807, 2.05) is 44.2 Å². The lowest BCUT2D eigenvalue weighted by atomic mass is 10.2. The Kier molecular flexibility index (Phi) is 6.03. The summed E-state index contributed by atoms with van der Waals surface area (Å²) in [5, 5.41) is 8.97. The Bertz CT molecular complexity index is 448. The lowest BCUT2D eigenvalue weighted by Crippen LogP contribution is -2.45. The van der Waals surface area contributed by atoms with E-state index < -0.39 is 11.9 Å². The fourth-order valence-electron chi connectivity index (χ4n) is 1.96. The molecule has 1 N–H and O–H groups in total. The molecule has 1 aromatic carbocycles. The molecule has 0 aliphatic rings. The molecule has 0 saturated heterocycles. The second-order valence-electron chi connectivity index (χ2n) is 4.64. The van der Waals surface area contributed by atoms with Crippen LogP contribution in [-0.2, 0) is 4.79 Å². The van der Waals surface area contributed by atoms with E-state index in [9.17, 15) is 9.59 Å². The van der Waals surface area contributed by atoms with Crippen LogP contribution in [0.15, 0.2) is 30.3 Å². The van der Waals surface area contributed by atoms with Gasteiger partial charge in [0, 0.05) is 25.3 Å². The molecule has 5 heteroatoms. The molecule has 0 aromatic heterocycles. The van der Waals surface area contributed by atoms with E-state index >= 15 is 0 Å². The van der Waals surface area contributed by atoms with Crippen molar-refractivity contribution < 1.29 is 14.7 Å². The number of anilines is 1. The Balaban J connectivity index is 2.85. The number of urea groups is 1. The number of benzene rings is 1. The summed E-state index contributed by atoms with van der Waals surface area (Å²) in [6.45, 7) is 6.61. The average Bonchev–Trinajstić information content (AvgIpc) is 2.46. The number of rotatable bonds is 6. The number of carboxylic acids is 1. The van der Waals surface area contributed by atoms with E-state index in [1.54, 1.807) is 16.7 Å².